The summed E-state index contributed by atoms with van der Waals surface area (Å²) >= 11 is 0. The smallest absolute Gasteiger partial charge is 0.115 e. The Morgan fingerprint density at radius 2 is 1.78 bits per heavy atom. The van der Waals surface area contributed by atoms with Crippen LogP contribution in [0.15, 0.2) is 59.6 Å². The SMILES string of the molecule is C=C1C=CC=CC1=Nc1ccc(O)cc1C.CC. The molecule has 0 aliphatic heterocycles. The average Bonchev–Trinajstić information content (AvgIpc) is 2.38. The van der Waals surface area contributed by atoms with E-state index in [0.29, 0.717) is 0 Å². The predicted molar refractivity (Wildman–Crippen MR) is 78.7 cm³/mol. The molecule has 0 amide bonds. The number of benzene rings is 1. The number of hydrogen-bond acceptors (Lipinski definition) is 2. The van der Waals surface area contributed by atoms with Gasteiger partial charge in [0.2, 0.25) is 0 Å². The Labute approximate surface area is 109 Å². The van der Waals surface area contributed by atoms with Crippen LogP contribution in [0.1, 0.15) is 19.4 Å². The minimum Gasteiger partial charge on any atom is -0.508 e. The van der Waals surface area contributed by atoms with Crippen molar-refractivity contribution in [3.05, 3.63) is 60.2 Å². The molecule has 1 aromatic rings. The summed E-state index contributed by atoms with van der Waals surface area (Å²) in [5.74, 6) is 0.263. The largest absolute Gasteiger partial charge is 0.508 e. The van der Waals surface area contributed by atoms with E-state index in [-0.39, 0.29) is 5.75 Å². The van der Waals surface area contributed by atoms with E-state index in [1.54, 1.807) is 18.2 Å². The van der Waals surface area contributed by atoms with Crippen LogP contribution >= 0.6 is 0 Å². The van der Waals surface area contributed by atoms with Crippen LogP contribution in [0.2, 0.25) is 0 Å². The number of aromatic hydroxyl groups is 1. The van der Waals surface area contributed by atoms with Crippen molar-refractivity contribution in [3.8, 4) is 5.75 Å². The lowest BCUT2D eigenvalue weighted by atomic mass is 10.1. The molecule has 94 valence electrons. The predicted octanol–water partition coefficient (Wildman–Crippen LogP) is 4.48. The molecular weight excluding hydrogens is 222 g/mol. The van der Waals surface area contributed by atoms with Gasteiger partial charge in [0.1, 0.15) is 5.75 Å². The van der Waals surface area contributed by atoms with Crippen LogP contribution in [0.4, 0.5) is 5.69 Å². The fourth-order valence-corrected chi connectivity index (χ4v) is 1.51. The number of hydrogen-bond donors (Lipinski definition) is 1. The van der Waals surface area contributed by atoms with Crippen LogP contribution in [0.3, 0.4) is 0 Å². The van der Waals surface area contributed by atoms with Gasteiger partial charge < -0.3 is 5.11 Å². The number of phenols is 1. The Morgan fingerprint density at radius 3 is 2.39 bits per heavy atom. The van der Waals surface area contributed by atoms with Crippen molar-refractivity contribution < 1.29 is 5.11 Å². The van der Waals surface area contributed by atoms with Gasteiger partial charge in [-0.05, 0) is 42.3 Å². The number of rotatable bonds is 1. The molecule has 2 nitrogen and oxygen atoms in total. The van der Waals surface area contributed by atoms with Gasteiger partial charge in [0.05, 0.1) is 11.4 Å². The summed E-state index contributed by atoms with van der Waals surface area (Å²) in [6.45, 7) is 9.84. The lowest BCUT2D eigenvalue weighted by Crippen LogP contribution is -1.97. The standard InChI is InChI=1S/C14H13NO.C2H6/c1-10-5-3-4-6-13(10)15-14-8-7-12(16)9-11(14)2;1-2/h3-9,16H,1H2,2H3;1-2H3. The van der Waals surface area contributed by atoms with E-state index < -0.39 is 0 Å². The van der Waals surface area contributed by atoms with E-state index in [9.17, 15) is 5.11 Å². The highest BCUT2D eigenvalue weighted by atomic mass is 16.3. The quantitative estimate of drug-likeness (QED) is 0.772. The first kappa shape index (κ1) is 14.0. The summed E-state index contributed by atoms with van der Waals surface area (Å²) < 4.78 is 0. The highest BCUT2D eigenvalue weighted by Gasteiger charge is 2.03. The van der Waals surface area contributed by atoms with Crippen molar-refractivity contribution in [2.24, 2.45) is 4.99 Å². The first-order valence-electron chi connectivity index (χ1n) is 6.09. The summed E-state index contributed by atoms with van der Waals surface area (Å²) in [7, 11) is 0. The number of allylic oxidation sites excluding steroid dienone is 5. The van der Waals surface area contributed by atoms with Crippen LogP contribution in [-0.2, 0) is 0 Å². The molecule has 18 heavy (non-hydrogen) atoms. The molecule has 1 aromatic carbocycles. The monoisotopic (exact) mass is 241 g/mol. The Hall–Kier alpha value is -2.09. The second kappa shape index (κ2) is 6.60. The molecule has 0 spiro atoms. The molecule has 0 bridgehead atoms. The summed E-state index contributed by atoms with van der Waals surface area (Å²) in [5, 5.41) is 9.30. The molecule has 0 atom stereocenters. The Kier molecular flexibility index (Phi) is 5.12. The molecule has 2 heteroatoms. The molecule has 0 saturated heterocycles. The van der Waals surface area contributed by atoms with Crippen LogP contribution in [0, 0.1) is 6.92 Å². The van der Waals surface area contributed by atoms with E-state index in [4.69, 9.17) is 0 Å². The number of phenolic OH excluding ortho intramolecular Hbond substituents is 1. The zero-order valence-electron chi connectivity index (χ0n) is 11.1. The van der Waals surface area contributed by atoms with E-state index in [0.717, 1.165) is 22.5 Å². The van der Waals surface area contributed by atoms with Gasteiger partial charge in [-0.25, -0.2) is 4.99 Å². The summed E-state index contributed by atoms with van der Waals surface area (Å²) in [6.07, 6.45) is 7.72. The highest BCUT2D eigenvalue weighted by molar-refractivity contribution is 6.12. The minimum absolute atomic E-state index is 0.263. The molecular formula is C16H19NO. The maximum absolute atomic E-state index is 9.30. The third kappa shape index (κ3) is 3.45. The molecule has 0 aromatic heterocycles. The molecule has 1 aliphatic rings. The van der Waals surface area contributed by atoms with E-state index >= 15 is 0 Å². The summed E-state index contributed by atoms with van der Waals surface area (Å²) in [4.78, 5) is 4.51. The molecule has 0 saturated carbocycles. The zero-order valence-corrected chi connectivity index (χ0v) is 11.1. The second-order valence-corrected chi connectivity index (χ2v) is 3.71. The topological polar surface area (TPSA) is 32.6 Å². The minimum atomic E-state index is 0.263. The molecule has 0 radical (unpaired) electrons. The van der Waals surface area contributed by atoms with Gasteiger partial charge in [-0.1, -0.05) is 38.7 Å². The van der Waals surface area contributed by atoms with Crippen molar-refractivity contribution >= 4 is 11.4 Å². The van der Waals surface area contributed by atoms with Crippen molar-refractivity contribution in [2.75, 3.05) is 0 Å². The summed E-state index contributed by atoms with van der Waals surface area (Å²) in [6, 6.07) is 5.14. The molecule has 0 heterocycles. The van der Waals surface area contributed by atoms with Crippen molar-refractivity contribution in [3.63, 3.8) is 0 Å². The first-order chi connectivity index (χ1) is 8.66. The number of aliphatic imine (C=N–C) groups is 1. The van der Waals surface area contributed by atoms with Crippen molar-refractivity contribution in [2.45, 2.75) is 20.8 Å². The fourth-order valence-electron chi connectivity index (χ4n) is 1.51. The van der Waals surface area contributed by atoms with Gasteiger partial charge in [0, 0.05) is 0 Å². The maximum atomic E-state index is 9.30. The Bertz CT molecular complexity index is 522. The average molecular weight is 241 g/mol. The van der Waals surface area contributed by atoms with Crippen LogP contribution < -0.4 is 0 Å². The van der Waals surface area contributed by atoms with Gasteiger partial charge in [0.15, 0.2) is 0 Å². The lowest BCUT2D eigenvalue weighted by Gasteiger charge is -2.06. The summed E-state index contributed by atoms with van der Waals surface area (Å²) in [5.41, 5.74) is 3.56. The van der Waals surface area contributed by atoms with Crippen molar-refractivity contribution in [1.82, 2.24) is 0 Å². The second-order valence-electron chi connectivity index (χ2n) is 3.71. The van der Waals surface area contributed by atoms with Gasteiger partial charge in [-0.3, -0.25) is 0 Å². The molecule has 1 N–H and O–H groups in total. The van der Waals surface area contributed by atoms with Gasteiger partial charge in [0.25, 0.3) is 0 Å². The highest BCUT2D eigenvalue weighted by Crippen LogP contribution is 2.24. The molecule has 0 fully saturated rings. The number of nitrogens with zero attached hydrogens (tertiary/aromatic N) is 1. The third-order valence-electron chi connectivity index (χ3n) is 2.41. The van der Waals surface area contributed by atoms with E-state index in [1.807, 2.05) is 45.1 Å². The fraction of sp³-hybridized carbons (Fsp3) is 0.188. The van der Waals surface area contributed by atoms with Crippen molar-refractivity contribution in [1.29, 1.82) is 0 Å². The molecule has 2 rings (SSSR count). The third-order valence-corrected chi connectivity index (χ3v) is 2.41. The van der Waals surface area contributed by atoms with Crippen LogP contribution in [-0.4, -0.2) is 10.8 Å². The first-order valence-corrected chi connectivity index (χ1v) is 6.09. The Morgan fingerprint density at radius 1 is 1.11 bits per heavy atom. The van der Waals surface area contributed by atoms with Crippen LogP contribution in [0.5, 0.6) is 5.75 Å². The van der Waals surface area contributed by atoms with Gasteiger partial charge in [-0.15, -0.1) is 0 Å². The van der Waals surface area contributed by atoms with Gasteiger partial charge in [-0.2, -0.15) is 0 Å². The molecule has 0 unspecified atom stereocenters. The Balaban J connectivity index is 0.000000771. The van der Waals surface area contributed by atoms with E-state index in [2.05, 4.69) is 11.6 Å². The maximum Gasteiger partial charge on any atom is 0.115 e. The normalized spacial score (nSPS) is 15.5. The van der Waals surface area contributed by atoms with E-state index in [1.165, 1.54) is 0 Å². The number of aryl methyl sites for hydroxylation is 1. The van der Waals surface area contributed by atoms with Gasteiger partial charge >= 0.3 is 0 Å². The zero-order chi connectivity index (χ0) is 13.5. The van der Waals surface area contributed by atoms with Crippen LogP contribution in [0.25, 0.3) is 0 Å². The lowest BCUT2D eigenvalue weighted by molar-refractivity contribution is 0.475. The molecule has 1 aliphatic carbocycles.